The van der Waals surface area contributed by atoms with E-state index in [1.165, 1.54) is 17.2 Å². The lowest BCUT2D eigenvalue weighted by Crippen LogP contribution is -2.14. The van der Waals surface area contributed by atoms with Gasteiger partial charge in [-0.15, -0.1) is 5.10 Å². The summed E-state index contributed by atoms with van der Waals surface area (Å²) in [5.74, 6) is 0.0503. The standard InChI is InChI=1S/C22H27N3O7/c1-14(2)11-29-21(27)31-18-9-16(5)8-17(10-18)20-23-13-25(24-20)7-6-19(26)32-22(28)30-12-15(3)4/h6-10,13-15H,11-12H2,1-5H3/b7-6-. The van der Waals surface area contributed by atoms with Crippen LogP contribution in [0.4, 0.5) is 9.59 Å². The van der Waals surface area contributed by atoms with Crippen molar-refractivity contribution in [3.63, 3.8) is 0 Å². The summed E-state index contributed by atoms with van der Waals surface area (Å²) in [5.41, 5.74) is 1.42. The number of aromatic nitrogens is 3. The van der Waals surface area contributed by atoms with Gasteiger partial charge in [0.1, 0.15) is 12.1 Å². The van der Waals surface area contributed by atoms with Crippen LogP contribution in [0.5, 0.6) is 5.75 Å². The maximum absolute atomic E-state index is 11.8. The fraction of sp³-hybridized carbons (Fsp3) is 0.409. The summed E-state index contributed by atoms with van der Waals surface area (Å²) in [5, 5.41) is 4.24. The van der Waals surface area contributed by atoms with E-state index in [1.54, 1.807) is 12.1 Å². The van der Waals surface area contributed by atoms with Gasteiger partial charge in [0, 0.05) is 17.8 Å². The molecule has 0 fully saturated rings. The zero-order valence-electron chi connectivity index (χ0n) is 18.7. The van der Waals surface area contributed by atoms with Crippen molar-refractivity contribution in [1.29, 1.82) is 0 Å². The van der Waals surface area contributed by atoms with Crippen LogP contribution in [0.3, 0.4) is 0 Å². The molecule has 10 nitrogen and oxygen atoms in total. The molecular formula is C22H27N3O7. The van der Waals surface area contributed by atoms with Crippen LogP contribution in [0.25, 0.3) is 17.6 Å². The molecule has 0 radical (unpaired) electrons. The van der Waals surface area contributed by atoms with Gasteiger partial charge >= 0.3 is 18.3 Å². The van der Waals surface area contributed by atoms with Crippen molar-refractivity contribution in [2.45, 2.75) is 34.6 Å². The molecule has 1 aromatic carbocycles. The molecule has 0 aliphatic heterocycles. The molecule has 1 aromatic heterocycles. The Balaban J connectivity index is 2.01. The SMILES string of the molecule is Cc1cc(OC(=O)OCC(C)C)cc(-c2ncn(/C=C\C(=O)OC(=O)OCC(C)C)n2)c1. The quantitative estimate of drug-likeness (QED) is 0.254. The predicted molar refractivity (Wildman–Crippen MR) is 115 cm³/mol. The molecule has 172 valence electrons. The summed E-state index contributed by atoms with van der Waals surface area (Å²) < 4.78 is 20.8. The third-order valence-electron chi connectivity index (χ3n) is 3.64. The number of hydrogen-bond donors (Lipinski definition) is 0. The Kier molecular flexibility index (Phi) is 8.94. The zero-order chi connectivity index (χ0) is 23.7. The molecule has 0 aliphatic carbocycles. The highest BCUT2D eigenvalue weighted by atomic mass is 16.7. The summed E-state index contributed by atoms with van der Waals surface area (Å²) in [4.78, 5) is 39.1. The smallest absolute Gasteiger partial charge is 0.434 e. The highest BCUT2D eigenvalue weighted by Crippen LogP contribution is 2.24. The van der Waals surface area contributed by atoms with E-state index in [2.05, 4.69) is 14.8 Å². The van der Waals surface area contributed by atoms with Gasteiger partial charge in [-0.05, 0) is 42.5 Å². The first-order chi connectivity index (χ1) is 15.1. The van der Waals surface area contributed by atoms with E-state index in [0.29, 0.717) is 17.1 Å². The molecule has 0 N–H and O–H groups in total. The fourth-order valence-corrected chi connectivity index (χ4v) is 2.29. The summed E-state index contributed by atoms with van der Waals surface area (Å²) in [6.07, 6.45) is 1.82. The van der Waals surface area contributed by atoms with Crippen LogP contribution in [0.2, 0.25) is 0 Å². The van der Waals surface area contributed by atoms with Crippen molar-refractivity contribution in [1.82, 2.24) is 14.8 Å². The zero-order valence-corrected chi connectivity index (χ0v) is 18.7. The third-order valence-corrected chi connectivity index (χ3v) is 3.64. The normalized spacial score (nSPS) is 11.1. The molecule has 0 saturated heterocycles. The number of ether oxygens (including phenoxy) is 4. The minimum atomic E-state index is -1.06. The van der Waals surface area contributed by atoms with Crippen LogP contribution in [0.15, 0.2) is 30.6 Å². The van der Waals surface area contributed by atoms with Gasteiger partial charge in [-0.25, -0.2) is 24.0 Å². The van der Waals surface area contributed by atoms with Crippen molar-refractivity contribution in [3.05, 3.63) is 36.2 Å². The first-order valence-corrected chi connectivity index (χ1v) is 10.1. The Bertz CT molecular complexity index is 980. The number of nitrogens with zero attached hydrogens (tertiary/aromatic N) is 3. The van der Waals surface area contributed by atoms with E-state index < -0.39 is 18.3 Å². The van der Waals surface area contributed by atoms with Crippen molar-refractivity contribution in [2.75, 3.05) is 13.2 Å². The van der Waals surface area contributed by atoms with Gasteiger partial charge < -0.3 is 18.9 Å². The van der Waals surface area contributed by atoms with E-state index in [4.69, 9.17) is 14.2 Å². The molecule has 10 heteroatoms. The lowest BCUT2D eigenvalue weighted by atomic mass is 10.1. The van der Waals surface area contributed by atoms with Gasteiger partial charge in [0.25, 0.3) is 0 Å². The third kappa shape index (κ3) is 8.58. The number of hydrogen-bond acceptors (Lipinski definition) is 9. The number of carbonyl (C=O) groups excluding carboxylic acids is 3. The van der Waals surface area contributed by atoms with Gasteiger partial charge in [-0.2, -0.15) is 0 Å². The van der Waals surface area contributed by atoms with Gasteiger partial charge in [-0.1, -0.05) is 27.7 Å². The Labute approximate surface area is 186 Å². The van der Waals surface area contributed by atoms with E-state index in [1.807, 2.05) is 40.7 Å². The fourth-order valence-electron chi connectivity index (χ4n) is 2.29. The van der Waals surface area contributed by atoms with Gasteiger partial charge in [0.2, 0.25) is 0 Å². The summed E-state index contributed by atoms with van der Waals surface area (Å²) >= 11 is 0. The predicted octanol–water partition coefficient (Wildman–Crippen LogP) is 4.23. The highest BCUT2D eigenvalue weighted by Gasteiger charge is 2.12. The second kappa shape index (κ2) is 11.6. The number of aryl methyl sites for hydroxylation is 1. The molecule has 2 aromatic rings. The Morgan fingerprint density at radius 1 is 1.00 bits per heavy atom. The minimum absolute atomic E-state index is 0.125. The van der Waals surface area contributed by atoms with E-state index in [9.17, 15) is 14.4 Å². The van der Waals surface area contributed by atoms with Crippen LogP contribution in [0, 0.1) is 18.8 Å². The largest absolute Gasteiger partial charge is 0.516 e. The molecule has 0 unspecified atom stereocenters. The summed E-state index contributed by atoms with van der Waals surface area (Å²) in [7, 11) is 0. The maximum Gasteiger partial charge on any atom is 0.516 e. The van der Waals surface area contributed by atoms with Crippen LogP contribution < -0.4 is 4.74 Å². The van der Waals surface area contributed by atoms with Crippen LogP contribution in [-0.4, -0.2) is 46.3 Å². The molecule has 0 saturated carbocycles. The van der Waals surface area contributed by atoms with Crippen molar-refractivity contribution in [2.24, 2.45) is 11.8 Å². The van der Waals surface area contributed by atoms with E-state index >= 15 is 0 Å². The topological polar surface area (TPSA) is 119 Å². The lowest BCUT2D eigenvalue weighted by Gasteiger charge is -2.09. The first kappa shape index (κ1) is 24.6. The molecule has 0 bridgehead atoms. The van der Waals surface area contributed by atoms with Crippen LogP contribution in [0.1, 0.15) is 33.3 Å². The van der Waals surface area contributed by atoms with E-state index in [-0.39, 0.29) is 25.0 Å². The monoisotopic (exact) mass is 445 g/mol. The molecular weight excluding hydrogens is 418 g/mol. The second-order valence-electron chi connectivity index (χ2n) is 7.83. The van der Waals surface area contributed by atoms with Crippen LogP contribution >= 0.6 is 0 Å². The van der Waals surface area contributed by atoms with Gasteiger partial charge in [0.05, 0.1) is 13.2 Å². The Morgan fingerprint density at radius 3 is 2.31 bits per heavy atom. The average molecular weight is 445 g/mol. The molecule has 0 spiro atoms. The number of esters is 1. The molecule has 32 heavy (non-hydrogen) atoms. The van der Waals surface area contributed by atoms with Crippen LogP contribution in [-0.2, 0) is 19.0 Å². The minimum Gasteiger partial charge on any atom is -0.434 e. The highest BCUT2D eigenvalue weighted by molar-refractivity contribution is 5.91. The van der Waals surface area contributed by atoms with Gasteiger partial charge in [-0.3, -0.25) is 0 Å². The maximum atomic E-state index is 11.8. The first-order valence-electron chi connectivity index (χ1n) is 10.1. The molecule has 0 aliphatic rings. The summed E-state index contributed by atoms with van der Waals surface area (Å²) in [6.45, 7) is 9.81. The van der Waals surface area contributed by atoms with Crippen molar-refractivity contribution >= 4 is 24.5 Å². The number of rotatable bonds is 8. The second-order valence-corrected chi connectivity index (χ2v) is 7.83. The lowest BCUT2D eigenvalue weighted by molar-refractivity contribution is -0.134. The van der Waals surface area contributed by atoms with E-state index in [0.717, 1.165) is 11.6 Å². The Hall–Kier alpha value is -3.69. The van der Waals surface area contributed by atoms with Gasteiger partial charge in [0.15, 0.2) is 5.82 Å². The number of benzene rings is 1. The average Bonchev–Trinajstić information content (AvgIpc) is 3.18. The number of carbonyl (C=O) groups is 3. The van der Waals surface area contributed by atoms with Crippen molar-refractivity contribution < 1.29 is 33.3 Å². The van der Waals surface area contributed by atoms with Crippen molar-refractivity contribution in [3.8, 4) is 17.1 Å². The molecule has 0 atom stereocenters. The Morgan fingerprint density at radius 2 is 1.66 bits per heavy atom. The summed E-state index contributed by atoms with van der Waals surface area (Å²) in [6, 6.07) is 5.10. The molecule has 1 heterocycles. The molecule has 0 amide bonds. The molecule has 2 rings (SSSR count).